The number of sulfone groups is 1. The van der Waals surface area contributed by atoms with Gasteiger partial charge in [-0.15, -0.1) is 0 Å². The van der Waals surface area contributed by atoms with Crippen molar-refractivity contribution >= 4 is 33.1 Å². The molecule has 0 unspecified atom stereocenters. The monoisotopic (exact) mass is 314 g/mol. The SMILES string of the molecule is C/C(=N/NC(=O)[C@H]1CCS(=O)(=O)C1)c1ccccc1Cl. The minimum Gasteiger partial charge on any atom is -0.273 e. The summed E-state index contributed by atoms with van der Waals surface area (Å²) in [6, 6.07) is 7.17. The van der Waals surface area contributed by atoms with Crippen molar-refractivity contribution in [2.24, 2.45) is 11.0 Å². The second-order valence-electron chi connectivity index (χ2n) is 4.75. The van der Waals surface area contributed by atoms with Crippen molar-refractivity contribution < 1.29 is 13.2 Å². The first-order chi connectivity index (χ1) is 9.39. The Morgan fingerprint density at radius 2 is 2.10 bits per heavy atom. The lowest BCUT2D eigenvalue weighted by molar-refractivity contribution is -0.124. The van der Waals surface area contributed by atoms with Crippen LogP contribution in [0.3, 0.4) is 0 Å². The third kappa shape index (κ3) is 3.58. The van der Waals surface area contributed by atoms with Crippen LogP contribution in [0, 0.1) is 5.92 Å². The Bertz CT molecular complexity index is 655. The van der Waals surface area contributed by atoms with Crippen molar-refractivity contribution in [1.82, 2.24) is 5.43 Å². The summed E-state index contributed by atoms with van der Waals surface area (Å²) in [5.74, 6) is -0.905. The molecule has 1 aliphatic heterocycles. The van der Waals surface area contributed by atoms with Crippen molar-refractivity contribution in [1.29, 1.82) is 0 Å². The molecule has 0 aromatic heterocycles. The Kier molecular flexibility index (Phi) is 4.45. The van der Waals surface area contributed by atoms with Crippen LogP contribution in [0.5, 0.6) is 0 Å². The number of carbonyl (C=O) groups excluding carboxylic acids is 1. The number of rotatable bonds is 3. The van der Waals surface area contributed by atoms with Crippen molar-refractivity contribution in [2.75, 3.05) is 11.5 Å². The van der Waals surface area contributed by atoms with Gasteiger partial charge in [0, 0.05) is 10.6 Å². The van der Waals surface area contributed by atoms with Gasteiger partial charge in [-0.25, -0.2) is 13.8 Å². The molecule has 1 N–H and O–H groups in total. The second kappa shape index (κ2) is 5.93. The number of halogens is 1. The van der Waals surface area contributed by atoms with Gasteiger partial charge in [-0.05, 0) is 19.4 Å². The van der Waals surface area contributed by atoms with E-state index in [0.29, 0.717) is 17.2 Å². The number of nitrogens with zero attached hydrogens (tertiary/aromatic N) is 1. The van der Waals surface area contributed by atoms with Gasteiger partial charge in [0.15, 0.2) is 9.84 Å². The van der Waals surface area contributed by atoms with E-state index in [1.54, 1.807) is 25.1 Å². The molecular formula is C13H15ClN2O3S. The number of carbonyl (C=O) groups is 1. The predicted octanol–water partition coefficient (Wildman–Crippen LogP) is 1.61. The van der Waals surface area contributed by atoms with Gasteiger partial charge in [0.25, 0.3) is 0 Å². The standard InChI is InChI=1S/C13H15ClN2O3S/c1-9(11-4-2-3-5-12(11)14)15-16-13(17)10-6-7-20(18,19)8-10/h2-5,10H,6-8H2,1H3,(H,16,17)/b15-9-/t10-/m0/s1. The highest BCUT2D eigenvalue weighted by molar-refractivity contribution is 7.91. The van der Waals surface area contributed by atoms with Crippen LogP contribution in [0.25, 0.3) is 0 Å². The molecule has 1 atom stereocenters. The van der Waals surface area contributed by atoms with Crippen LogP contribution in [0.2, 0.25) is 5.02 Å². The van der Waals surface area contributed by atoms with Crippen LogP contribution in [0.15, 0.2) is 29.4 Å². The Hall–Kier alpha value is -1.40. The first-order valence-corrected chi connectivity index (χ1v) is 8.38. The lowest BCUT2D eigenvalue weighted by atomic mass is 10.1. The molecule has 0 spiro atoms. The summed E-state index contributed by atoms with van der Waals surface area (Å²) in [7, 11) is -3.07. The summed E-state index contributed by atoms with van der Waals surface area (Å²) < 4.78 is 22.6. The van der Waals surface area contributed by atoms with Crippen LogP contribution in [-0.2, 0) is 14.6 Å². The minimum absolute atomic E-state index is 0.0678. The molecule has 0 radical (unpaired) electrons. The largest absolute Gasteiger partial charge is 0.273 e. The van der Waals surface area contributed by atoms with E-state index >= 15 is 0 Å². The number of nitrogens with one attached hydrogen (secondary N) is 1. The van der Waals surface area contributed by atoms with Crippen molar-refractivity contribution in [3.63, 3.8) is 0 Å². The van der Waals surface area contributed by atoms with E-state index in [1.165, 1.54) is 0 Å². The highest BCUT2D eigenvalue weighted by atomic mass is 35.5. The first-order valence-electron chi connectivity index (χ1n) is 6.18. The zero-order valence-corrected chi connectivity index (χ0v) is 12.5. The quantitative estimate of drug-likeness (QED) is 0.680. The Morgan fingerprint density at radius 3 is 2.70 bits per heavy atom. The van der Waals surface area contributed by atoms with Crippen LogP contribution >= 0.6 is 11.6 Å². The average molecular weight is 315 g/mol. The smallest absolute Gasteiger partial charge is 0.244 e. The van der Waals surface area contributed by atoms with Crippen molar-refractivity contribution in [2.45, 2.75) is 13.3 Å². The van der Waals surface area contributed by atoms with Crippen molar-refractivity contribution in [3.05, 3.63) is 34.9 Å². The third-order valence-electron chi connectivity index (χ3n) is 3.20. The second-order valence-corrected chi connectivity index (χ2v) is 7.39. The summed E-state index contributed by atoms with van der Waals surface area (Å²) in [6.07, 6.45) is 0.356. The zero-order chi connectivity index (χ0) is 14.8. The van der Waals surface area contributed by atoms with Gasteiger partial charge in [0.2, 0.25) is 5.91 Å². The molecule has 1 saturated heterocycles. The fraction of sp³-hybridized carbons (Fsp3) is 0.385. The number of hydrogen-bond acceptors (Lipinski definition) is 4. The zero-order valence-electron chi connectivity index (χ0n) is 11.0. The van der Waals surface area contributed by atoms with Gasteiger partial charge in [-0.2, -0.15) is 5.10 Å². The van der Waals surface area contributed by atoms with E-state index in [2.05, 4.69) is 10.5 Å². The highest BCUT2D eigenvalue weighted by Crippen LogP contribution is 2.19. The molecular weight excluding hydrogens is 300 g/mol. The first kappa shape index (κ1) is 15.0. The maximum atomic E-state index is 11.8. The highest BCUT2D eigenvalue weighted by Gasteiger charge is 2.32. The average Bonchev–Trinajstić information content (AvgIpc) is 2.76. The van der Waals surface area contributed by atoms with Crippen LogP contribution < -0.4 is 5.43 Å². The molecule has 2 rings (SSSR count). The van der Waals surface area contributed by atoms with E-state index in [1.807, 2.05) is 6.07 Å². The summed E-state index contributed by atoms with van der Waals surface area (Å²) in [5, 5.41) is 4.53. The molecule has 1 fully saturated rings. The lowest BCUT2D eigenvalue weighted by Gasteiger charge is -2.07. The van der Waals surface area contributed by atoms with Gasteiger partial charge in [0.1, 0.15) is 0 Å². The predicted molar refractivity (Wildman–Crippen MR) is 78.6 cm³/mol. The molecule has 20 heavy (non-hydrogen) atoms. The lowest BCUT2D eigenvalue weighted by Crippen LogP contribution is -2.28. The Labute approximate surface area is 122 Å². The number of hydrazone groups is 1. The van der Waals surface area contributed by atoms with E-state index in [9.17, 15) is 13.2 Å². The normalized spacial score (nSPS) is 21.7. The molecule has 5 nitrogen and oxygen atoms in total. The molecule has 1 aromatic carbocycles. The van der Waals surface area contributed by atoms with Gasteiger partial charge in [0.05, 0.1) is 23.1 Å². The van der Waals surface area contributed by atoms with E-state index in [4.69, 9.17) is 11.6 Å². The Balaban J connectivity index is 2.03. The molecule has 0 aliphatic carbocycles. The topological polar surface area (TPSA) is 75.6 Å². The van der Waals surface area contributed by atoms with E-state index in [0.717, 1.165) is 5.56 Å². The maximum absolute atomic E-state index is 11.8. The molecule has 0 saturated carbocycles. The molecule has 1 aliphatic rings. The summed E-state index contributed by atoms with van der Waals surface area (Å²) in [5.41, 5.74) is 3.72. The number of hydrogen-bond donors (Lipinski definition) is 1. The molecule has 1 aromatic rings. The van der Waals surface area contributed by atoms with Gasteiger partial charge < -0.3 is 0 Å². The van der Waals surface area contributed by atoms with E-state index < -0.39 is 15.8 Å². The van der Waals surface area contributed by atoms with Crippen LogP contribution in [-0.4, -0.2) is 31.5 Å². The summed E-state index contributed by atoms with van der Waals surface area (Å²) in [6.45, 7) is 1.73. The fourth-order valence-electron chi connectivity index (χ4n) is 2.05. The molecule has 1 heterocycles. The third-order valence-corrected chi connectivity index (χ3v) is 5.30. The minimum atomic E-state index is -3.07. The van der Waals surface area contributed by atoms with Gasteiger partial charge in [-0.3, -0.25) is 4.79 Å². The fourth-order valence-corrected chi connectivity index (χ4v) is 4.06. The van der Waals surface area contributed by atoms with Crippen LogP contribution in [0.1, 0.15) is 18.9 Å². The van der Waals surface area contributed by atoms with Gasteiger partial charge >= 0.3 is 0 Å². The summed E-state index contributed by atoms with van der Waals surface area (Å²) in [4.78, 5) is 11.8. The molecule has 1 amide bonds. The molecule has 7 heteroatoms. The van der Waals surface area contributed by atoms with Gasteiger partial charge in [-0.1, -0.05) is 29.8 Å². The molecule has 108 valence electrons. The van der Waals surface area contributed by atoms with E-state index in [-0.39, 0.29) is 17.4 Å². The number of amides is 1. The van der Waals surface area contributed by atoms with Crippen LogP contribution in [0.4, 0.5) is 0 Å². The van der Waals surface area contributed by atoms with Crippen molar-refractivity contribution in [3.8, 4) is 0 Å². The summed E-state index contributed by atoms with van der Waals surface area (Å²) >= 11 is 6.03. The number of benzene rings is 1. The molecule has 0 bridgehead atoms. The Morgan fingerprint density at radius 1 is 1.40 bits per heavy atom. The maximum Gasteiger partial charge on any atom is 0.244 e.